The van der Waals surface area contributed by atoms with Crippen LogP contribution in [0.25, 0.3) is 0 Å². The number of hydrogen-bond donors (Lipinski definition) is 0. The fourth-order valence-electron chi connectivity index (χ4n) is 13.2. The Bertz CT molecular complexity index is 1600. The van der Waals surface area contributed by atoms with E-state index in [0.29, 0.717) is 60.1 Å². The number of benzene rings is 1. The molecule has 11 rings (SSSR count). The molecule has 0 aliphatic heterocycles. The third-order valence-electron chi connectivity index (χ3n) is 14.7. The number of amides is 2. The van der Waals surface area contributed by atoms with Crippen LogP contribution in [0.4, 0.5) is 0 Å². The molecular formula is C44H57N3O6. The van der Waals surface area contributed by atoms with Crippen LogP contribution in [-0.4, -0.2) is 64.9 Å². The van der Waals surface area contributed by atoms with Crippen molar-refractivity contribution in [2.24, 2.45) is 35.5 Å². The number of ether oxygens (including phenoxy) is 2. The first-order chi connectivity index (χ1) is 25.7. The fourth-order valence-corrected chi connectivity index (χ4v) is 13.2. The second kappa shape index (κ2) is 13.8. The first kappa shape index (κ1) is 35.0. The maximum absolute atomic E-state index is 15.2. The van der Waals surface area contributed by atoms with E-state index in [1.807, 2.05) is 42.5 Å². The summed E-state index contributed by atoms with van der Waals surface area (Å²) in [6, 6.07) is 13.3. The van der Waals surface area contributed by atoms with Crippen molar-refractivity contribution < 1.29 is 27.9 Å². The second-order valence-corrected chi connectivity index (χ2v) is 18.1. The number of rotatable bonds is 14. The first-order valence-corrected chi connectivity index (χ1v) is 20.3. The van der Waals surface area contributed by atoms with Crippen LogP contribution in [0.5, 0.6) is 11.5 Å². The Morgan fingerprint density at radius 2 is 1.11 bits per heavy atom. The summed E-state index contributed by atoms with van der Waals surface area (Å²) < 4.78 is 23.4. The molecule has 9 nitrogen and oxygen atoms in total. The summed E-state index contributed by atoms with van der Waals surface area (Å²) in [7, 11) is 3.34. The monoisotopic (exact) mass is 723 g/mol. The molecule has 9 heteroatoms. The van der Waals surface area contributed by atoms with E-state index in [9.17, 15) is 0 Å². The van der Waals surface area contributed by atoms with Gasteiger partial charge in [0, 0.05) is 22.7 Å². The van der Waals surface area contributed by atoms with Gasteiger partial charge in [-0.15, -0.1) is 0 Å². The lowest BCUT2D eigenvalue weighted by atomic mass is 9.52. The molecule has 2 amide bonds. The standard InChI is InChI=1S/C44H57N3O6/c1-29(39-18-36(50-2)8-9-40(39)51-3)45(27-41(48)46(25-37-6-4-10-52-37)43-19-30-12-31(20-43)14-32(13-30)21-43)28-42(49)47(26-38-7-5-11-53-38)44-22-33-15-34(23-44)17-35(16-33)24-44/h4-11,18,29-35H,12-17,19-28H2,1-3H3/t29-,30?,31?,32?,33?,34?,35?,43?,44?/m0/s1. The number of hydrogen-bond acceptors (Lipinski definition) is 7. The zero-order valence-electron chi connectivity index (χ0n) is 31.8. The summed E-state index contributed by atoms with van der Waals surface area (Å²) in [5.74, 6) is 7.27. The minimum Gasteiger partial charge on any atom is -0.497 e. The molecule has 3 aromatic rings. The molecule has 8 aliphatic rings. The van der Waals surface area contributed by atoms with E-state index >= 15 is 9.59 Å². The average Bonchev–Trinajstić information content (AvgIpc) is 3.86. The summed E-state index contributed by atoms with van der Waals surface area (Å²) in [6.45, 7) is 3.24. The highest BCUT2D eigenvalue weighted by Gasteiger charge is 2.56. The molecule has 1 aromatic carbocycles. The topological polar surface area (TPSA) is 88.6 Å². The zero-order valence-corrected chi connectivity index (χ0v) is 31.8. The third kappa shape index (κ3) is 6.59. The molecule has 8 aliphatic carbocycles. The molecule has 0 saturated heterocycles. The number of carbonyl (C=O) groups is 2. The minimum atomic E-state index is -0.309. The van der Waals surface area contributed by atoms with Gasteiger partial charge in [0.1, 0.15) is 23.0 Å². The number of methoxy groups -OCH3 is 2. The molecule has 1 atom stereocenters. The smallest absolute Gasteiger partial charge is 0.237 e. The Morgan fingerprint density at radius 1 is 0.679 bits per heavy atom. The lowest BCUT2D eigenvalue weighted by Crippen LogP contribution is -2.63. The van der Waals surface area contributed by atoms with Crippen LogP contribution in [-0.2, 0) is 22.7 Å². The predicted molar refractivity (Wildman–Crippen MR) is 200 cm³/mol. The normalized spacial score (nSPS) is 32.6. The van der Waals surface area contributed by atoms with Gasteiger partial charge in [0.05, 0.1) is 52.9 Å². The van der Waals surface area contributed by atoms with Gasteiger partial charge in [-0.05, 0) is 162 Å². The van der Waals surface area contributed by atoms with E-state index in [1.54, 1.807) is 26.7 Å². The van der Waals surface area contributed by atoms with Crippen molar-refractivity contribution in [2.45, 2.75) is 114 Å². The molecule has 8 bridgehead atoms. The van der Waals surface area contributed by atoms with Gasteiger partial charge in [0.15, 0.2) is 0 Å². The van der Waals surface area contributed by atoms with E-state index in [0.717, 1.165) is 55.6 Å². The van der Waals surface area contributed by atoms with E-state index < -0.39 is 0 Å². The van der Waals surface area contributed by atoms with Crippen molar-refractivity contribution in [1.82, 2.24) is 14.7 Å². The fraction of sp³-hybridized carbons (Fsp3) is 0.636. The van der Waals surface area contributed by atoms with Crippen LogP contribution in [0.2, 0.25) is 0 Å². The van der Waals surface area contributed by atoms with Gasteiger partial charge in [-0.25, -0.2) is 0 Å². The van der Waals surface area contributed by atoms with E-state index in [2.05, 4.69) is 21.6 Å². The Morgan fingerprint density at radius 3 is 1.47 bits per heavy atom. The van der Waals surface area contributed by atoms with Crippen molar-refractivity contribution in [1.29, 1.82) is 0 Å². The van der Waals surface area contributed by atoms with Gasteiger partial charge < -0.3 is 28.1 Å². The van der Waals surface area contributed by atoms with Crippen molar-refractivity contribution in [3.8, 4) is 11.5 Å². The van der Waals surface area contributed by atoms with Crippen molar-refractivity contribution in [2.75, 3.05) is 27.3 Å². The summed E-state index contributed by atoms with van der Waals surface area (Å²) in [4.78, 5) is 36.8. The molecule has 0 N–H and O–H groups in total. The van der Waals surface area contributed by atoms with Gasteiger partial charge in [-0.1, -0.05) is 0 Å². The third-order valence-corrected chi connectivity index (χ3v) is 14.7. The Hall–Kier alpha value is -3.72. The van der Waals surface area contributed by atoms with E-state index in [4.69, 9.17) is 18.3 Å². The molecule has 8 fully saturated rings. The summed E-state index contributed by atoms with van der Waals surface area (Å²) in [6.07, 6.45) is 17.6. The molecule has 0 radical (unpaired) electrons. The largest absolute Gasteiger partial charge is 0.497 e. The van der Waals surface area contributed by atoms with Crippen LogP contribution in [0, 0.1) is 35.5 Å². The van der Waals surface area contributed by atoms with E-state index in [1.165, 1.54) is 38.5 Å². The number of nitrogens with zero attached hydrogens (tertiary/aromatic N) is 3. The lowest BCUT2D eigenvalue weighted by Gasteiger charge is -2.60. The summed E-state index contributed by atoms with van der Waals surface area (Å²) in [5.41, 5.74) is 0.554. The molecule has 2 aromatic heterocycles. The SMILES string of the molecule is COc1ccc(OC)c([C@H](C)N(CC(=O)N(Cc2ccco2)C23CC4CC(CC(C4)C2)C3)CC(=O)N(Cc2ccco2)C23CC4CC(CC(C4)C2)C3)c1. The maximum Gasteiger partial charge on any atom is 0.237 e. The molecular weight excluding hydrogens is 666 g/mol. The predicted octanol–water partition coefficient (Wildman–Crippen LogP) is 8.25. The van der Waals surface area contributed by atoms with Crippen molar-refractivity contribution in [3.05, 3.63) is 72.1 Å². The highest BCUT2D eigenvalue weighted by atomic mass is 16.5. The van der Waals surface area contributed by atoms with Crippen LogP contribution in [0.15, 0.2) is 63.8 Å². The van der Waals surface area contributed by atoms with Crippen LogP contribution >= 0.6 is 0 Å². The van der Waals surface area contributed by atoms with E-state index in [-0.39, 0.29) is 42.0 Å². The minimum absolute atomic E-state index is 0.0669. The highest BCUT2D eigenvalue weighted by molar-refractivity contribution is 5.82. The molecule has 284 valence electrons. The molecule has 53 heavy (non-hydrogen) atoms. The quantitative estimate of drug-likeness (QED) is 0.166. The highest BCUT2D eigenvalue weighted by Crippen LogP contribution is 2.59. The number of furan rings is 2. The van der Waals surface area contributed by atoms with Crippen molar-refractivity contribution in [3.63, 3.8) is 0 Å². The lowest BCUT2D eigenvalue weighted by molar-refractivity contribution is -0.158. The zero-order chi connectivity index (χ0) is 36.3. The molecule has 8 saturated carbocycles. The van der Waals surface area contributed by atoms with Crippen LogP contribution in [0.1, 0.15) is 107 Å². The van der Waals surface area contributed by atoms with Gasteiger partial charge in [0.2, 0.25) is 11.8 Å². The Labute approximate surface area is 314 Å². The number of carbonyl (C=O) groups excluding carboxylic acids is 2. The second-order valence-electron chi connectivity index (χ2n) is 18.1. The van der Waals surface area contributed by atoms with Crippen molar-refractivity contribution >= 4 is 11.8 Å². The van der Waals surface area contributed by atoms with Crippen LogP contribution in [0.3, 0.4) is 0 Å². The summed E-state index contributed by atoms with van der Waals surface area (Å²) >= 11 is 0. The average molecular weight is 724 g/mol. The summed E-state index contributed by atoms with van der Waals surface area (Å²) in [5, 5.41) is 0. The Balaban J connectivity index is 1.06. The first-order valence-electron chi connectivity index (χ1n) is 20.3. The van der Waals surface area contributed by atoms with Gasteiger partial charge >= 0.3 is 0 Å². The van der Waals surface area contributed by atoms with Gasteiger partial charge in [0.25, 0.3) is 0 Å². The van der Waals surface area contributed by atoms with Crippen LogP contribution < -0.4 is 9.47 Å². The molecule has 0 unspecified atom stereocenters. The Kier molecular flexibility index (Phi) is 9.15. The van der Waals surface area contributed by atoms with Gasteiger partial charge in [-0.3, -0.25) is 14.5 Å². The molecule has 2 heterocycles. The molecule has 0 spiro atoms. The van der Waals surface area contributed by atoms with Gasteiger partial charge in [-0.2, -0.15) is 0 Å². The maximum atomic E-state index is 15.2.